The van der Waals surface area contributed by atoms with Gasteiger partial charge >= 0.3 is 6.18 Å². The van der Waals surface area contributed by atoms with Crippen LogP contribution in [0.1, 0.15) is 48.7 Å². The molecule has 3 aromatic rings. The first-order valence-electron chi connectivity index (χ1n) is 9.67. The number of carbonyl (C=O) groups excluding carboxylic acids is 1. The van der Waals surface area contributed by atoms with E-state index in [9.17, 15) is 18.0 Å². The van der Waals surface area contributed by atoms with E-state index in [1.807, 2.05) is 0 Å². The third-order valence-electron chi connectivity index (χ3n) is 5.08. The molecule has 1 aliphatic carbocycles. The molecule has 1 unspecified atom stereocenters. The standard InChI is InChI=1S/C20H17Cl3F3N5O/c1-10(31-16(12-3-4-12)7-17(28-31)20(24,25)26)19(32)27-18-15(23)9-30(29-18)8-11-2-5-13(21)14(22)6-11/h2,5-7,9-10,12H,3-4,8H2,1H3,(H,27,29,32). The summed E-state index contributed by atoms with van der Waals surface area (Å²) in [5, 5.41) is 11.5. The fourth-order valence-corrected chi connectivity index (χ4v) is 3.78. The van der Waals surface area contributed by atoms with Crippen molar-refractivity contribution >= 4 is 46.5 Å². The molecule has 1 amide bonds. The molecule has 170 valence electrons. The quantitative estimate of drug-likeness (QED) is 0.434. The Bertz CT molecular complexity index is 1170. The van der Waals surface area contributed by atoms with E-state index in [0.717, 1.165) is 29.2 Å². The van der Waals surface area contributed by atoms with Crippen molar-refractivity contribution in [1.82, 2.24) is 19.6 Å². The second-order valence-corrected chi connectivity index (χ2v) is 8.83. The van der Waals surface area contributed by atoms with Crippen LogP contribution in [0.25, 0.3) is 0 Å². The molecule has 0 spiro atoms. The van der Waals surface area contributed by atoms with E-state index in [2.05, 4.69) is 15.5 Å². The van der Waals surface area contributed by atoms with Crippen molar-refractivity contribution in [2.75, 3.05) is 5.32 Å². The van der Waals surface area contributed by atoms with Gasteiger partial charge < -0.3 is 5.32 Å². The number of amides is 1. The van der Waals surface area contributed by atoms with Crippen LogP contribution in [-0.4, -0.2) is 25.5 Å². The number of halogens is 6. The third-order valence-corrected chi connectivity index (χ3v) is 6.10. The lowest BCUT2D eigenvalue weighted by molar-refractivity contribution is -0.141. The normalized spacial score (nSPS) is 15.1. The van der Waals surface area contributed by atoms with Crippen molar-refractivity contribution in [2.24, 2.45) is 0 Å². The molecule has 1 fully saturated rings. The van der Waals surface area contributed by atoms with Crippen LogP contribution in [0.5, 0.6) is 0 Å². The molecular formula is C20H17Cl3F3N5O. The maximum atomic E-state index is 13.1. The van der Waals surface area contributed by atoms with Crippen LogP contribution < -0.4 is 5.32 Å². The molecule has 0 bridgehead atoms. The summed E-state index contributed by atoms with van der Waals surface area (Å²) in [4.78, 5) is 12.8. The Morgan fingerprint density at radius 2 is 1.88 bits per heavy atom. The molecule has 12 heteroatoms. The zero-order valence-electron chi connectivity index (χ0n) is 16.6. The first-order chi connectivity index (χ1) is 15.0. The minimum absolute atomic E-state index is 0.0251. The van der Waals surface area contributed by atoms with Crippen LogP contribution >= 0.6 is 34.8 Å². The van der Waals surface area contributed by atoms with Gasteiger partial charge in [0.1, 0.15) is 11.1 Å². The van der Waals surface area contributed by atoms with E-state index >= 15 is 0 Å². The minimum atomic E-state index is -4.59. The van der Waals surface area contributed by atoms with Gasteiger partial charge in [-0.25, -0.2) is 0 Å². The van der Waals surface area contributed by atoms with Gasteiger partial charge in [-0.1, -0.05) is 40.9 Å². The highest BCUT2D eigenvalue weighted by Crippen LogP contribution is 2.43. The van der Waals surface area contributed by atoms with Crippen molar-refractivity contribution in [1.29, 1.82) is 0 Å². The van der Waals surface area contributed by atoms with Gasteiger partial charge in [-0.2, -0.15) is 23.4 Å². The van der Waals surface area contributed by atoms with Crippen LogP contribution in [0.15, 0.2) is 30.5 Å². The maximum Gasteiger partial charge on any atom is 0.435 e. The number of nitrogens with zero attached hydrogens (tertiary/aromatic N) is 4. The summed E-state index contributed by atoms with van der Waals surface area (Å²) in [7, 11) is 0. The number of benzene rings is 1. The molecule has 6 nitrogen and oxygen atoms in total. The zero-order chi connectivity index (χ0) is 23.2. The van der Waals surface area contributed by atoms with Gasteiger partial charge in [0.2, 0.25) is 5.91 Å². The first-order valence-corrected chi connectivity index (χ1v) is 10.8. The van der Waals surface area contributed by atoms with E-state index in [1.165, 1.54) is 17.8 Å². The predicted molar refractivity (Wildman–Crippen MR) is 115 cm³/mol. The Kier molecular flexibility index (Phi) is 6.17. The molecule has 1 aromatic carbocycles. The number of hydrogen-bond donors (Lipinski definition) is 1. The summed E-state index contributed by atoms with van der Waals surface area (Å²) in [6.07, 6.45) is -1.53. The molecule has 0 aliphatic heterocycles. The van der Waals surface area contributed by atoms with Crippen molar-refractivity contribution in [3.8, 4) is 0 Å². The second kappa shape index (κ2) is 8.61. The van der Waals surface area contributed by atoms with Gasteiger partial charge in [0.25, 0.3) is 0 Å². The summed E-state index contributed by atoms with van der Waals surface area (Å²) >= 11 is 18.1. The van der Waals surface area contributed by atoms with Crippen LogP contribution in [0.4, 0.5) is 19.0 Å². The monoisotopic (exact) mass is 505 g/mol. The Morgan fingerprint density at radius 3 is 2.50 bits per heavy atom. The molecule has 1 saturated carbocycles. The Hall–Kier alpha value is -2.23. The number of hydrogen-bond acceptors (Lipinski definition) is 3. The van der Waals surface area contributed by atoms with Crippen LogP contribution in [0.2, 0.25) is 15.1 Å². The maximum absolute atomic E-state index is 13.1. The van der Waals surface area contributed by atoms with Gasteiger partial charge in [-0.15, -0.1) is 0 Å². The van der Waals surface area contributed by atoms with E-state index in [0.29, 0.717) is 22.3 Å². The Morgan fingerprint density at radius 1 is 1.16 bits per heavy atom. The average molecular weight is 507 g/mol. The number of carbonyl (C=O) groups is 1. The van der Waals surface area contributed by atoms with Crippen LogP contribution in [0, 0.1) is 0 Å². The number of rotatable bonds is 6. The van der Waals surface area contributed by atoms with Gasteiger partial charge in [-0.3, -0.25) is 14.2 Å². The lowest BCUT2D eigenvalue weighted by atomic mass is 10.2. The summed E-state index contributed by atoms with van der Waals surface area (Å²) in [6, 6.07) is 5.15. The summed E-state index contributed by atoms with van der Waals surface area (Å²) in [5.74, 6) is -0.506. The smallest absolute Gasteiger partial charge is 0.306 e. The average Bonchev–Trinajstić information content (AvgIpc) is 3.36. The second-order valence-electron chi connectivity index (χ2n) is 7.61. The lowest BCUT2D eigenvalue weighted by Crippen LogP contribution is -2.26. The summed E-state index contributed by atoms with van der Waals surface area (Å²) in [5.41, 5.74) is 0.203. The van der Waals surface area contributed by atoms with Crippen molar-refractivity contribution in [3.63, 3.8) is 0 Å². The molecule has 1 N–H and O–H groups in total. The zero-order valence-corrected chi connectivity index (χ0v) is 18.9. The van der Waals surface area contributed by atoms with Crippen molar-refractivity contribution < 1.29 is 18.0 Å². The fraction of sp³-hybridized carbons (Fsp3) is 0.350. The number of nitrogens with one attached hydrogen (secondary N) is 1. The number of aromatic nitrogens is 4. The number of anilines is 1. The molecular weight excluding hydrogens is 490 g/mol. The largest absolute Gasteiger partial charge is 0.435 e. The topological polar surface area (TPSA) is 64.7 Å². The molecule has 32 heavy (non-hydrogen) atoms. The van der Waals surface area contributed by atoms with E-state index in [-0.39, 0.29) is 16.8 Å². The van der Waals surface area contributed by atoms with Gasteiger partial charge in [0.15, 0.2) is 11.5 Å². The first kappa shape index (κ1) is 22.9. The Labute approximate surface area is 196 Å². The molecule has 4 rings (SSSR count). The van der Waals surface area contributed by atoms with Gasteiger partial charge in [0.05, 0.1) is 16.6 Å². The highest BCUT2D eigenvalue weighted by molar-refractivity contribution is 6.42. The van der Waals surface area contributed by atoms with E-state index in [4.69, 9.17) is 34.8 Å². The highest BCUT2D eigenvalue weighted by Gasteiger charge is 2.39. The van der Waals surface area contributed by atoms with Crippen LogP contribution in [0.3, 0.4) is 0 Å². The predicted octanol–water partition coefficient (Wildman–Crippen LogP) is 6.18. The molecule has 1 aliphatic rings. The van der Waals surface area contributed by atoms with Gasteiger partial charge in [0, 0.05) is 17.8 Å². The Balaban J connectivity index is 1.50. The molecule has 2 heterocycles. The van der Waals surface area contributed by atoms with Crippen LogP contribution in [-0.2, 0) is 17.5 Å². The molecule has 2 aromatic heterocycles. The van der Waals surface area contributed by atoms with Crippen molar-refractivity contribution in [2.45, 2.75) is 44.4 Å². The van der Waals surface area contributed by atoms with E-state index < -0.39 is 23.8 Å². The minimum Gasteiger partial charge on any atom is -0.306 e. The third kappa shape index (κ3) is 4.89. The van der Waals surface area contributed by atoms with E-state index in [1.54, 1.807) is 18.2 Å². The summed E-state index contributed by atoms with van der Waals surface area (Å²) < 4.78 is 42.1. The van der Waals surface area contributed by atoms with Crippen molar-refractivity contribution in [3.05, 3.63) is 62.5 Å². The fourth-order valence-electron chi connectivity index (χ4n) is 3.26. The summed E-state index contributed by atoms with van der Waals surface area (Å²) in [6.45, 7) is 1.80. The molecule has 1 atom stereocenters. The lowest BCUT2D eigenvalue weighted by Gasteiger charge is -2.15. The molecule has 0 radical (unpaired) electrons. The molecule has 0 saturated heterocycles. The SMILES string of the molecule is CC(C(=O)Nc1nn(Cc2ccc(Cl)c(Cl)c2)cc1Cl)n1nc(C(F)(F)F)cc1C1CC1. The number of alkyl halides is 3. The van der Waals surface area contributed by atoms with Gasteiger partial charge in [-0.05, 0) is 43.5 Å². The highest BCUT2D eigenvalue weighted by atomic mass is 35.5.